The fourth-order valence-corrected chi connectivity index (χ4v) is 4.31. The van der Waals surface area contributed by atoms with Gasteiger partial charge in [0.1, 0.15) is 11.6 Å². The lowest BCUT2D eigenvalue weighted by Gasteiger charge is -2.33. The van der Waals surface area contributed by atoms with Gasteiger partial charge in [-0.1, -0.05) is 30.3 Å². The van der Waals surface area contributed by atoms with E-state index in [-0.39, 0.29) is 24.7 Å². The van der Waals surface area contributed by atoms with Crippen LogP contribution in [0.3, 0.4) is 0 Å². The molecular weight excluding hydrogens is 421 g/mol. The summed E-state index contributed by atoms with van der Waals surface area (Å²) in [5.74, 6) is -0.591. The second-order valence-electron chi connectivity index (χ2n) is 8.01. The van der Waals surface area contributed by atoms with Gasteiger partial charge in [0.05, 0.1) is 12.2 Å². The summed E-state index contributed by atoms with van der Waals surface area (Å²) in [6, 6.07) is 21.3. The zero-order valence-electron chi connectivity index (χ0n) is 17.8. The first kappa shape index (κ1) is 20.8. The Morgan fingerprint density at radius 2 is 1.76 bits per heavy atom. The molecule has 4 aromatic rings. The molecule has 6 nitrogen and oxygen atoms in total. The number of nitrogens with one attached hydrogen (secondary N) is 1. The predicted molar refractivity (Wildman–Crippen MR) is 124 cm³/mol. The number of aromatic amines is 1. The molecule has 1 aliphatic rings. The van der Waals surface area contributed by atoms with Gasteiger partial charge in [-0.25, -0.2) is 4.39 Å². The number of hydrogen-bond donors (Lipinski definition) is 2. The first-order valence-electron chi connectivity index (χ1n) is 10.7. The topological polar surface area (TPSA) is 88.4 Å². The average Bonchev–Trinajstić information content (AvgIpc) is 3.20. The molecule has 7 heteroatoms. The number of primary amides is 1. The monoisotopic (exact) mass is 443 g/mol. The summed E-state index contributed by atoms with van der Waals surface area (Å²) in [6.07, 6.45) is -0.210. The highest BCUT2D eigenvalue weighted by atomic mass is 19.1. The number of anilines is 1. The lowest BCUT2D eigenvalue weighted by molar-refractivity contribution is -0.125. The van der Waals surface area contributed by atoms with Crippen molar-refractivity contribution in [3.63, 3.8) is 0 Å². The van der Waals surface area contributed by atoms with Crippen LogP contribution in [0.4, 0.5) is 10.1 Å². The number of hydrogen-bond acceptors (Lipinski definition) is 3. The van der Waals surface area contributed by atoms with Gasteiger partial charge in [0.15, 0.2) is 6.10 Å². The number of aromatic nitrogens is 1. The summed E-state index contributed by atoms with van der Waals surface area (Å²) in [5.41, 5.74) is 9.73. The largest absolute Gasteiger partial charge is 0.477 e. The van der Waals surface area contributed by atoms with Crippen molar-refractivity contribution in [2.24, 2.45) is 5.73 Å². The molecular formula is C26H22FN3O3. The van der Waals surface area contributed by atoms with Crippen molar-refractivity contribution < 1.29 is 18.7 Å². The Labute approximate surface area is 189 Å². The number of H-pyrrole nitrogens is 1. The summed E-state index contributed by atoms with van der Waals surface area (Å²) < 4.78 is 19.1. The first-order valence-corrected chi connectivity index (χ1v) is 10.7. The fourth-order valence-electron chi connectivity index (χ4n) is 4.31. The van der Waals surface area contributed by atoms with Crippen molar-refractivity contribution in [3.05, 3.63) is 84.2 Å². The lowest BCUT2D eigenvalue weighted by Crippen LogP contribution is -2.49. The zero-order chi connectivity index (χ0) is 22.9. The highest BCUT2D eigenvalue weighted by Crippen LogP contribution is 2.35. The second-order valence-corrected chi connectivity index (χ2v) is 8.01. The smallest absolute Gasteiger partial charge is 0.260 e. The van der Waals surface area contributed by atoms with E-state index in [1.807, 2.05) is 30.3 Å². The van der Waals surface area contributed by atoms with Crippen LogP contribution in [0.5, 0.6) is 5.75 Å². The normalized spacial score (nSPS) is 15.2. The maximum absolute atomic E-state index is 13.5. The molecule has 5 rings (SSSR count). The number of nitrogens with two attached hydrogens (primary N) is 1. The number of fused-ring (bicyclic) bond motifs is 2. The molecule has 166 valence electrons. The number of aryl methyl sites for hydroxylation is 1. The molecule has 0 bridgehead atoms. The minimum atomic E-state index is -0.897. The van der Waals surface area contributed by atoms with E-state index in [2.05, 4.69) is 4.98 Å². The van der Waals surface area contributed by atoms with Crippen LogP contribution < -0.4 is 15.4 Å². The quantitative estimate of drug-likeness (QED) is 0.485. The summed E-state index contributed by atoms with van der Waals surface area (Å²) in [5, 5.41) is 1.02. The van der Waals surface area contributed by atoms with Gasteiger partial charge in [-0.2, -0.15) is 0 Å². The van der Waals surface area contributed by atoms with E-state index >= 15 is 0 Å². The van der Waals surface area contributed by atoms with Crippen LogP contribution in [-0.4, -0.2) is 29.4 Å². The van der Waals surface area contributed by atoms with Gasteiger partial charge in [-0.3, -0.25) is 9.59 Å². The van der Waals surface area contributed by atoms with E-state index in [1.54, 1.807) is 35.2 Å². The van der Waals surface area contributed by atoms with Crippen LogP contribution in [0.25, 0.3) is 22.2 Å². The highest BCUT2D eigenvalue weighted by Gasteiger charge is 2.32. The Kier molecular flexibility index (Phi) is 5.30. The van der Waals surface area contributed by atoms with E-state index in [1.165, 1.54) is 12.1 Å². The number of nitrogens with zero attached hydrogens (tertiary/aromatic N) is 1. The maximum Gasteiger partial charge on any atom is 0.260 e. The lowest BCUT2D eigenvalue weighted by atomic mass is 10.0. The Morgan fingerprint density at radius 3 is 2.55 bits per heavy atom. The number of halogens is 1. The third-order valence-corrected chi connectivity index (χ3v) is 5.93. The van der Waals surface area contributed by atoms with Gasteiger partial charge in [0.25, 0.3) is 5.91 Å². The molecule has 0 saturated carbocycles. The standard InChI is InChI=1S/C26H22FN3O3/c27-17-11-9-16(10-12-17)25-19(18-5-1-2-6-20(18)29-25)13-14-24(31)30-15-23(26(28)32)33-22-8-4-3-7-21(22)30/h1-12,23,29H,13-15H2,(H2,28,32). The van der Waals surface area contributed by atoms with Gasteiger partial charge < -0.3 is 20.4 Å². The minimum absolute atomic E-state index is 0.0733. The van der Waals surface area contributed by atoms with Crippen LogP contribution in [0.1, 0.15) is 12.0 Å². The number of benzene rings is 3. The summed E-state index contributed by atoms with van der Waals surface area (Å²) in [6.45, 7) is 0.0733. The van der Waals surface area contributed by atoms with Gasteiger partial charge in [0.2, 0.25) is 5.91 Å². The van der Waals surface area contributed by atoms with Crippen molar-refractivity contribution in [1.82, 2.24) is 4.98 Å². The molecule has 0 aliphatic carbocycles. The molecule has 3 aromatic carbocycles. The zero-order valence-corrected chi connectivity index (χ0v) is 17.8. The van der Waals surface area contributed by atoms with E-state index in [9.17, 15) is 14.0 Å². The Balaban J connectivity index is 1.45. The van der Waals surface area contributed by atoms with Crippen LogP contribution in [0, 0.1) is 5.82 Å². The molecule has 1 aromatic heterocycles. The fraction of sp³-hybridized carbons (Fsp3) is 0.154. The van der Waals surface area contributed by atoms with Crippen molar-refractivity contribution in [1.29, 1.82) is 0 Å². The van der Waals surface area contributed by atoms with Crippen molar-refractivity contribution in [3.8, 4) is 17.0 Å². The maximum atomic E-state index is 13.5. The third kappa shape index (κ3) is 3.93. The second kappa shape index (κ2) is 8.43. The molecule has 0 spiro atoms. The van der Waals surface area contributed by atoms with Crippen molar-refractivity contribution >= 4 is 28.4 Å². The molecule has 3 N–H and O–H groups in total. The number of carbonyl (C=O) groups excluding carboxylic acids is 2. The molecule has 2 amide bonds. The van der Waals surface area contributed by atoms with Crippen LogP contribution in [0.2, 0.25) is 0 Å². The van der Waals surface area contributed by atoms with Gasteiger partial charge >= 0.3 is 0 Å². The van der Waals surface area contributed by atoms with Crippen molar-refractivity contribution in [2.45, 2.75) is 18.9 Å². The van der Waals surface area contributed by atoms with Crippen LogP contribution in [-0.2, 0) is 16.0 Å². The average molecular weight is 443 g/mol. The molecule has 0 radical (unpaired) electrons. The van der Waals surface area contributed by atoms with Crippen LogP contribution >= 0.6 is 0 Å². The number of rotatable bonds is 5. The van der Waals surface area contributed by atoms with E-state index in [0.717, 1.165) is 27.7 Å². The highest BCUT2D eigenvalue weighted by molar-refractivity contribution is 5.98. The van der Waals surface area contributed by atoms with Gasteiger partial charge in [-0.15, -0.1) is 0 Å². The molecule has 33 heavy (non-hydrogen) atoms. The van der Waals surface area contributed by atoms with Crippen molar-refractivity contribution in [2.75, 3.05) is 11.4 Å². The van der Waals surface area contributed by atoms with E-state index in [0.29, 0.717) is 17.9 Å². The van der Waals surface area contributed by atoms with Gasteiger partial charge in [-0.05, 0) is 60.0 Å². The molecule has 0 saturated heterocycles. The summed E-state index contributed by atoms with van der Waals surface area (Å²) >= 11 is 0. The molecule has 1 unspecified atom stereocenters. The Hall–Kier alpha value is -4.13. The van der Waals surface area contributed by atoms with E-state index < -0.39 is 12.0 Å². The Bertz CT molecular complexity index is 1350. The number of amides is 2. The van der Waals surface area contributed by atoms with Gasteiger partial charge in [0, 0.05) is 23.0 Å². The molecule has 1 atom stereocenters. The number of para-hydroxylation sites is 3. The molecule has 0 fully saturated rings. The first-order chi connectivity index (χ1) is 16.0. The van der Waals surface area contributed by atoms with E-state index in [4.69, 9.17) is 10.5 Å². The van der Waals surface area contributed by atoms with Crippen LogP contribution in [0.15, 0.2) is 72.8 Å². The SMILES string of the molecule is NC(=O)C1CN(C(=O)CCc2c(-c3ccc(F)cc3)[nH]c3ccccc23)c2ccccc2O1. The predicted octanol–water partition coefficient (Wildman–Crippen LogP) is 4.19. The number of carbonyl (C=O) groups is 2. The Morgan fingerprint density at radius 1 is 1.03 bits per heavy atom. The minimum Gasteiger partial charge on any atom is -0.477 e. The molecule has 1 aliphatic heterocycles. The summed E-state index contributed by atoms with van der Waals surface area (Å²) in [4.78, 5) is 30.1. The molecule has 2 heterocycles. The number of ether oxygens (including phenoxy) is 1. The third-order valence-electron chi connectivity index (χ3n) is 5.93. The summed E-state index contributed by atoms with van der Waals surface area (Å²) in [7, 11) is 0.